The number of carbonyl (C=O) groups excluding carboxylic acids is 2. The van der Waals surface area contributed by atoms with Crippen LogP contribution in [0.2, 0.25) is 0 Å². The van der Waals surface area contributed by atoms with Gasteiger partial charge in [0.05, 0.1) is 11.6 Å². The molecule has 0 aliphatic carbocycles. The standard InChI is InChI=1S/C23H31N5O2/c24-18-19-4-6-21(7-5-19)25-12-3-13-26(17-16-25)22(29)20-8-14-28(15-9-20)23(30)27-10-1-2-11-27/h4-7,20H,1-3,8-17H2. The number of nitrogens with zero attached hydrogens (tertiary/aromatic N) is 5. The van der Waals surface area contributed by atoms with Crippen molar-refractivity contribution in [1.82, 2.24) is 14.7 Å². The second kappa shape index (κ2) is 9.38. The first-order valence-corrected chi connectivity index (χ1v) is 11.2. The molecule has 3 aliphatic rings. The maximum Gasteiger partial charge on any atom is 0.319 e. The number of carbonyl (C=O) groups is 2. The smallest absolute Gasteiger partial charge is 0.319 e. The van der Waals surface area contributed by atoms with Crippen molar-refractivity contribution in [2.24, 2.45) is 5.92 Å². The van der Waals surface area contributed by atoms with Crippen LogP contribution in [-0.4, -0.2) is 79.0 Å². The van der Waals surface area contributed by atoms with Gasteiger partial charge in [-0.15, -0.1) is 0 Å². The number of anilines is 1. The molecule has 160 valence electrons. The third-order valence-corrected chi connectivity index (χ3v) is 6.66. The van der Waals surface area contributed by atoms with Crippen LogP contribution in [0.1, 0.15) is 37.7 Å². The summed E-state index contributed by atoms with van der Waals surface area (Å²) in [6.07, 6.45) is 4.70. The van der Waals surface area contributed by atoms with Gasteiger partial charge in [-0.3, -0.25) is 4.79 Å². The van der Waals surface area contributed by atoms with E-state index in [1.807, 2.05) is 39.0 Å². The zero-order valence-electron chi connectivity index (χ0n) is 17.6. The molecule has 3 heterocycles. The summed E-state index contributed by atoms with van der Waals surface area (Å²) in [4.78, 5) is 33.9. The van der Waals surface area contributed by atoms with Crippen LogP contribution in [0, 0.1) is 17.2 Å². The Kier molecular flexibility index (Phi) is 6.41. The first kappa shape index (κ1) is 20.5. The second-order valence-electron chi connectivity index (χ2n) is 8.56. The van der Waals surface area contributed by atoms with Crippen LogP contribution in [0.4, 0.5) is 10.5 Å². The maximum atomic E-state index is 13.1. The van der Waals surface area contributed by atoms with Crippen molar-refractivity contribution in [2.75, 3.05) is 57.3 Å². The van der Waals surface area contributed by atoms with Gasteiger partial charge >= 0.3 is 6.03 Å². The fourth-order valence-electron chi connectivity index (χ4n) is 4.83. The molecule has 4 rings (SSSR count). The molecule has 0 aromatic heterocycles. The molecule has 0 atom stereocenters. The largest absolute Gasteiger partial charge is 0.370 e. The molecule has 1 aromatic carbocycles. The van der Waals surface area contributed by atoms with Crippen molar-refractivity contribution in [3.05, 3.63) is 29.8 Å². The normalized spacial score (nSPS) is 20.8. The van der Waals surface area contributed by atoms with Gasteiger partial charge in [0.2, 0.25) is 5.91 Å². The third-order valence-electron chi connectivity index (χ3n) is 6.66. The first-order valence-electron chi connectivity index (χ1n) is 11.2. The van der Waals surface area contributed by atoms with Crippen LogP contribution < -0.4 is 4.90 Å². The highest BCUT2D eigenvalue weighted by atomic mass is 16.2. The lowest BCUT2D eigenvalue weighted by Gasteiger charge is -2.35. The average molecular weight is 410 g/mol. The highest BCUT2D eigenvalue weighted by Gasteiger charge is 2.32. The van der Waals surface area contributed by atoms with Gasteiger partial charge in [0.15, 0.2) is 0 Å². The molecule has 0 bridgehead atoms. The Hall–Kier alpha value is -2.75. The molecule has 3 amide bonds. The van der Waals surface area contributed by atoms with Crippen molar-refractivity contribution in [2.45, 2.75) is 32.1 Å². The molecule has 3 saturated heterocycles. The predicted molar refractivity (Wildman–Crippen MR) is 115 cm³/mol. The number of benzene rings is 1. The Labute approximate surface area is 178 Å². The number of hydrogen-bond acceptors (Lipinski definition) is 4. The summed E-state index contributed by atoms with van der Waals surface area (Å²) in [6, 6.07) is 9.99. The van der Waals surface area contributed by atoms with Gasteiger partial charge in [-0.1, -0.05) is 0 Å². The summed E-state index contributed by atoms with van der Waals surface area (Å²) in [6.45, 7) is 6.38. The summed E-state index contributed by atoms with van der Waals surface area (Å²) in [7, 11) is 0. The molecular weight excluding hydrogens is 378 g/mol. The van der Waals surface area contributed by atoms with Crippen LogP contribution in [0.5, 0.6) is 0 Å². The lowest BCUT2D eigenvalue weighted by molar-refractivity contribution is -0.136. The minimum atomic E-state index is 0.0362. The number of piperidine rings is 1. The molecule has 7 nitrogen and oxygen atoms in total. The Bertz CT molecular complexity index is 789. The number of likely N-dealkylation sites (tertiary alicyclic amines) is 2. The Morgan fingerprint density at radius 3 is 2.07 bits per heavy atom. The average Bonchev–Trinajstić information content (AvgIpc) is 3.23. The minimum Gasteiger partial charge on any atom is -0.370 e. The van der Waals surface area contributed by atoms with E-state index in [-0.39, 0.29) is 17.9 Å². The summed E-state index contributed by atoms with van der Waals surface area (Å²) < 4.78 is 0. The van der Waals surface area contributed by atoms with Gasteiger partial charge in [0, 0.05) is 64.0 Å². The van der Waals surface area contributed by atoms with Crippen molar-refractivity contribution in [3.63, 3.8) is 0 Å². The predicted octanol–water partition coefficient (Wildman–Crippen LogP) is 2.52. The molecule has 30 heavy (non-hydrogen) atoms. The summed E-state index contributed by atoms with van der Waals surface area (Å²) >= 11 is 0. The van der Waals surface area contributed by atoms with Crippen LogP contribution in [0.3, 0.4) is 0 Å². The highest BCUT2D eigenvalue weighted by molar-refractivity contribution is 5.80. The number of amides is 3. The van der Waals surface area contributed by atoms with Gasteiger partial charge < -0.3 is 19.6 Å². The molecule has 0 N–H and O–H groups in total. The van der Waals surface area contributed by atoms with Crippen LogP contribution >= 0.6 is 0 Å². The monoisotopic (exact) mass is 409 g/mol. The lowest BCUT2D eigenvalue weighted by atomic mass is 9.95. The van der Waals surface area contributed by atoms with Crippen LogP contribution in [0.25, 0.3) is 0 Å². The Morgan fingerprint density at radius 1 is 0.767 bits per heavy atom. The van der Waals surface area contributed by atoms with E-state index in [9.17, 15) is 9.59 Å². The molecule has 3 aliphatic heterocycles. The topological polar surface area (TPSA) is 70.9 Å². The van der Waals surface area contributed by atoms with Crippen LogP contribution in [-0.2, 0) is 4.79 Å². The number of urea groups is 1. The van der Waals surface area contributed by atoms with Crippen LogP contribution in [0.15, 0.2) is 24.3 Å². The van der Waals surface area contributed by atoms with E-state index >= 15 is 0 Å². The number of hydrogen-bond donors (Lipinski definition) is 0. The molecule has 0 spiro atoms. The Balaban J connectivity index is 1.28. The van der Waals surface area contributed by atoms with Gasteiger partial charge in [-0.2, -0.15) is 5.26 Å². The molecule has 0 saturated carbocycles. The van der Waals surface area contributed by atoms with Crippen molar-refractivity contribution < 1.29 is 9.59 Å². The lowest BCUT2D eigenvalue weighted by Crippen LogP contribution is -2.48. The van der Waals surface area contributed by atoms with E-state index in [0.717, 1.165) is 77.1 Å². The molecule has 7 heteroatoms. The zero-order valence-corrected chi connectivity index (χ0v) is 17.6. The van der Waals surface area contributed by atoms with E-state index in [0.29, 0.717) is 18.7 Å². The maximum absolute atomic E-state index is 13.1. The van der Waals surface area contributed by atoms with Gasteiger partial charge in [-0.05, 0) is 56.4 Å². The van der Waals surface area contributed by atoms with Gasteiger partial charge in [0.25, 0.3) is 0 Å². The summed E-state index contributed by atoms with van der Waals surface area (Å²) in [5, 5.41) is 8.97. The molecule has 0 radical (unpaired) electrons. The number of nitriles is 1. The van der Waals surface area contributed by atoms with Gasteiger partial charge in [-0.25, -0.2) is 4.79 Å². The quantitative estimate of drug-likeness (QED) is 0.753. The fourth-order valence-corrected chi connectivity index (χ4v) is 4.83. The Morgan fingerprint density at radius 2 is 1.40 bits per heavy atom. The summed E-state index contributed by atoms with van der Waals surface area (Å²) in [5.74, 6) is 0.291. The van der Waals surface area contributed by atoms with Crippen molar-refractivity contribution in [1.29, 1.82) is 5.26 Å². The molecule has 0 unspecified atom stereocenters. The fraction of sp³-hybridized carbons (Fsp3) is 0.609. The van der Waals surface area contributed by atoms with E-state index in [2.05, 4.69) is 11.0 Å². The van der Waals surface area contributed by atoms with Gasteiger partial charge in [0.1, 0.15) is 0 Å². The van der Waals surface area contributed by atoms with E-state index in [1.165, 1.54) is 0 Å². The first-order chi connectivity index (χ1) is 14.7. The summed E-state index contributed by atoms with van der Waals surface area (Å²) in [5.41, 5.74) is 1.77. The molecule has 3 fully saturated rings. The number of rotatable bonds is 2. The third kappa shape index (κ3) is 4.53. The molecular formula is C23H31N5O2. The van der Waals surface area contributed by atoms with Crippen molar-refractivity contribution in [3.8, 4) is 6.07 Å². The van der Waals surface area contributed by atoms with Crippen molar-refractivity contribution >= 4 is 17.6 Å². The highest BCUT2D eigenvalue weighted by Crippen LogP contribution is 2.23. The zero-order chi connectivity index (χ0) is 20.9. The van der Waals surface area contributed by atoms with E-state index in [1.54, 1.807) is 0 Å². The second-order valence-corrected chi connectivity index (χ2v) is 8.56. The van der Waals surface area contributed by atoms with E-state index < -0.39 is 0 Å². The SMILES string of the molecule is N#Cc1ccc(N2CCCN(C(=O)C3CCN(C(=O)N4CCCC4)CC3)CC2)cc1. The minimum absolute atomic E-state index is 0.0362. The molecule has 1 aromatic rings. The van der Waals surface area contributed by atoms with E-state index in [4.69, 9.17) is 5.26 Å².